The van der Waals surface area contributed by atoms with Crippen molar-refractivity contribution in [2.24, 2.45) is 0 Å². The second kappa shape index (κ2) is 5.67. The summed E-state index contributed by atoms with van der Waals surface area (Å²) in [6.07, 6.45) is 0.774. The molecule has 2 aliphatic heterocycles. The van der Waals surface area contributed by atoms with Gasteiger partial charge in [-0.05, 0) is 20.4 Å². The normalized spacial score (nSPS) is 26.6. The van der Waals surface area contributed by atoms with E-state index >= 15 is 0 Å². The number of carbonyl (C=O) groups excluding carboxylic acids is 2. The Bertz CT molecular complexity index is 329. The molecule has 2 fully saturated rings. The van der Waals surface area contributed by atoms with Crippen LogP contribution >= 0.6 is 0 Å². The molecule has 0 aromatic rings. The lowest BCUT2D eigenvalue weighted by atomic mass is 10.2. The number of nitrogens with zero attached hydrogens (tertiary/aromatic N) is 2. The van der Waals surface area contributed by atoms with E-state index in [1.165, 1.54) is 0 Å². The van der Waals surface area contributed by atoms with Crippen LogP contribution in [0, 0.1) is 0 Å². The van der Waals surface area contributed by atoms with Crippen molar-refractivity contribution in [2.75, 3.05) is 39.9 Å². The first-order valence-electron chi connectivity index (χ1n) is 6.49. The minimum atomic E-state index is -0.367. The van der Waals surface area contributed by atoms with Gasteiger partial charge in [-0.1, -0.05) is 0 Å². The van der Waals surface area contributed by atoms with E-state index in [1.807, 2.05) is 6.92 Å². The number of ether oxygens (including phenoxy) is 1. The summed E-state index contributed by atoms with van der Waals surface area (Å²) >= 11 is 0. The molecule has 0 saturated carbocycles. The van der Waals surface area contributed by atoms with Crippen molar-refractivity contribution < 1.29 is 14.3 Å². The Balaban J connectivity index is 1.96. The zero-order valence-electron chi connectivity index (χ0n) is 11.0. The molecule has 2 amide bonds. The van der Waals surface area contributed by atoms with Gasteiger partial charge in [0, 0.05) is 19.6 Å². The number of morpholine rings is 1. The topological polar surface area (TPSA) is 61.9 Å². The van der Waals surface area contributed by atoms with Gasteiger partial charge >= 0.3 is 0 Å². The van der Waals surface area contributed by atoms with Gasteiger partial charge in [-0.25, -0.2) is 0 Å². The van der Waals surface area contributed by atoms with Crippen LogP contribution in [0.4, 0.5) is 0 Å². The van der Waals surface area contributed by atoms with Crippen molar-refractivity contribution in [3.8, 4) is 0 Å². The molecule has 0 bridgehead atoms. The van der Waals surface area contributed by atoms with Gasteiger partial charge in [0.25, 0.3) is 0 Å². The Morgan fingerprint density at radius 3 is 2.61 bits per heavy atom. The van der Waals surface area contributed by atoms with E-state index in [0.29, 0.717) is 32.8 Å². The Morgan fingerprint density at radius 1 is 1.39 bits per heavy atom. The number of rotatable bonds is 3. The number of likely N-dealkylation sites (N-methyl/N-ethyl adjacent to an activating group) is 1. The fourth-order valence-electron chi connectivity index (χ4n) is 2.54. The highest BCUT2D eigenvalue weighted by Gasteiger charge is 2.37. The van der Waals surface area contributed by atoms with Crippen LogP contribution in [0.1, 0.15) is 13.3 Å². The molecule has 6 heteroatoms. The van der Waals surface area contributed by atoms with Gasteiger partial charge in [0.05, 0.1) is 19.3 Å². The fraction of sp³-hybridized carbons (Fsp3) is 0.833. The molecule has 0 aromatic heterocycles. The molecule has 0 radical (unpaired) electrons. The molecule has 2 rings (SSSR count). The standard InChI is InChI=1S/C12H21N3O3/c1-9(11(16)14-5-7-18-8-6-14)15-4-3-10(13-2)12(15)17/h9-10,13H,3-8H2,1-2H3/t9-,10-/m0/s1. The van der Waals surface area contributed by atoms with Gasteiger partial charge in [-0.15, -0.1) is 0 Å². The third kappa shape index (κ3) is 2.49. The van der Waals surface area contributed by atoms with Crippen molar-refractivity contribution in [1.82, 2.24) is 15.1 Å². The monoisotopic (exact) mass is 255 g/mol. The van der Waals surface area contributed by atoms with Gasteiger partial charge in [0.1, 0.15) is 6.04 Å². The number of likely N-dealkylation sites (tertiary alicyclic amines) is 1. The summed E-state index contributed by atoms with van der Waals surface area (Å²) in [7, 11) is 1.78. The van der Waals surface area contributed by atoms with Gasteiger partial charge in [0.15, 0.2) is 0 Å². The maximum absolute atomic E-state index is 12.3. The summed E-state index contributed by atoms with van der Waals surface area (Å²) in [4.78, 5) is 27.8. The molecule has 2 heterocycles. The Hall–Kier alpha value is -1.14. The SMILES string of the molecule is CN[C@H]1CCN([C@@H](C)C(=O)N2CCOCC2)C1=O. The first-order valence-corrected chi connectivity index (χ1v) is 6.49. The molecule has 102 valence electrons. The van der Waals surface area contributed by atoms with Crippen molar-refractivity contribution in [3.63, 3.8) is 0 Å². The molecule has 0 aliphatic carbocycles. The summed E-state index contributed by atoms with van der Waals surface area (Å²) in [5, 5.41) is 2.98. The highest BCUT2D eigenvalue weighted by Crippen LogP contribution is 2.16. The van der Waals surface area contributed by atoms with E-state index < -0.39 is 0 Å². The average molecular weight is 255 g/mol. The van der Waals surface area contributed by atoms with Gasteiger partial charge in [-0.2, -0.15) is 0 Å². The van der Waals surface area contributed by atoms with Crippen LogP contribution in [0.5, 0.6) is 0 Å². The highest BCUT2D eigenvalue weighted by molar-refractivity contribution is 5.91. The lowest BCUT2D eigenvalue weighted by Gasteiger charge is -2.32. The van der Waals surface area contributed by atoms with E-state index in [2.05, 4.69) is 5.32 Å². The number of hydrogen-bond donors (Lipinski definition) is 1. The van der Waals surface area contributed by atoms with E-state index in [0.717, 1.165) is 6.42 Å². The van der Waals surface area contributed by atoms with Crippen LogP contribution in [0.25, 0.3) is 0 Å². The first-order chi connectivity index (χ1) is 8.65. The van der Waals surface area contributed by atoms with Crippen LogP contribution in [0.15, 0.2) is 0 Å². The smallest absolute Gasteiger partial charge is 0.245 e. The average Bonchev–Trinajstić information content (AvgIpc) is 2.79. The van der Waals surface area contributed by atoms with Crippen molar-refractivity contribution in [3.05, 3.63) is 0 Å². The molecule has 0 unspecified atom stereocenters. The van der Waals surface area contributed by atoms with E-state index in [-0.39, 0.29) is 23.9 Å². The predicted molar refractivity (Wildman–Crippen MR) is 66.0 cm³/mol. The zero-order valence-corrected chi connectivity index (χ0v) is 11.0. The van der Waals surface area contributed by atoms with Crippen LogP contribution in [0.3, 0.4) is 0 Å². The highest BCUT2D eigenvalue weighted by atomic mass is 16.5. The largest absolute Gasteiger partial charge is 0.378 e. The predicted octanol–water partition coefficient (Wildman–Crippen LogP) is -0.946. The molecule has 2 atom stereocenters. The second-order valence-corrected chi connectivity index (χ2v) is 4.78. The molecule has 18 heavy (non-hydrogen) atoms. The molecule has 1 N–H and O–H groups in total. The number of carbonyl (C=O) groups is 2. The van der Waals surface area contributed by atoms with E-state index in [1.54, 1.807) is 16.8 Å². The quantitative estimate of drug-likeness (QED) is 0.706. The molecule has 6 nitrogen and oxygen atoms in total. The van der Waals surface area contributed by atoms with Gasteiger partial charge < -0.3 is 19.9 Å². The first kappa shape index (κ1) is 13.3. The molecule has 0 spiro atoms. The minimum Gasteiger partial charge on any atom is -0.378 e. The second-order valence-electron chi connectivity index (χ2n) is 4.78. The summed E-state index contributed by atoms with van der Waals surface area (Å²) in [5.74, 6) is 0.0648. The van der Waals surface area contributed by atoms with Gasteiger partial charge in [0.2, 0.25) is 11.8 Å². The summed E-state index contributed by atoms with van der Waals surface area (Å²) < 4.78 is 5.23. The number of nitrogens with one attached hydrogen (secondary N) is 1. The van der Waals surface area contributed by atoms with Crippen molar-refractivity contribution >= 4 is 11.8 Å². The lowest BCUT2D eigenvalue weighted by Crippen LogP contribution is -2.52. The van der Waals surface area contributed by atoms with Crippen LogP contribution in [-0.4, -0.2) is 73.6 Å². The molecule has 0 aromatic carbocycles. The number of hydrogen-bond acceptors (Lipinski definition) is 4. The summed E-state index contributed by atoms with van der Waals surface area (Å²) in [5.41, 5.74) is 0. The Morgan fingerprint density at radius 2 is 2.06 bits per heavy atom. The van der Waals surface area contributed by atoms with Crippen molar-refractivity contribution in [2.45, 2.75) is 25.4 Å². The van der Waals surface area contributed by atoms with Crippen LogP contribution in [0.2, 0.25) is 0 Å². The summed E-state index contributed by atoms with van der Waals surface area (Å²) in [6, 6.07) is -0.501. The van der Waals surface area contributed by atoms with E-state index in [9.17, 15) is 9.59 Å². The molecular weight excluding hydrogens is 234 g/mol. The third-order valence-electron chi connectivity index (χ3n) is 3.74. The maximum Gasteiger partial charge on any atom is 0.245 e. The Kier molecular flexibility index (Phi) is 4.19. The van der Waals surface area contributed by atoms with Gasteiger partial charge in [-0.3, -0.25) is 9.59 Å². The molecule has 2 saturated heterocycles. The zero-order chi connectivity index (χ0) is 13.1. The Labute approximate surface area is 107 Å². The maximum atomic E-state index is 12.3. The van der Waals surface area contributed by atoms with E-state index in [4.69, 9.17) is 4.74 Å². The van der Waals surface area contributed by atoms with Crippen molar-refractivity contribution in [1.29, 1.82) is 0 Å². The third-order valence-corrected chi connectivity index (χ3v) is 3.74. The van der Waals surface area contributed by atoms with Crippen LogP contribution in [-0.2, 0) is 14.3 Å². The fourth-order valence-corrected chi connectivity index (χ4v) is 2.54. The molecule has 2 aliphatic rings. The summed E-state index contributed by atoms with van der Waals surface area (Å²) in [6.45, 7) is 4.90. The lowest BCUT2D eigenvalue weighted by molar-refractivity contribution is -0.146. The minimum absolute atomic E-state index is 0.0309. The molecular formula is C12H21N3O3. The number of amides is 2. The van der Waals surface area contributed by atoms with Crippen LogP contribution < -0.4 is 5.32 Å².